The molecule has 0 bridgehead atoms. The molecule has 4 N–H and O–H groups in total. The molecular formula is C11H14F3N3O3. The number of nitrogens with zero attached hydrogens (tertiary/aromatic N) is 1. The molecule has 0 spiro atoms. The first-order valence-corrected chi connectivity index (χ1v) is 5.66. The van der Waals surface area contributed by atoms with Crippen molar-refractivity contribution in [1.82, 2.24) is 4.98 Å². The van der Waals surface area contributed by atoms with E-state index in [4.69, 9.17) is 16.2 Å². The number of aromatic nitrogens is 1. The number of alkyl halides is 3. The number of pyridine rings is 1. The molecule has 0 amide bonds. The summed E-state index contributed by atoms with van der Waals surface area (Å²) < 4.78 is 45.5. The molecule has 1 heterocycles. The van der Waals surface area contributed by atoms with E-state index in [2.05, 4.69) is 9.72 Å². The van der Waals surface area contributed by atoms with E-state index in [1.807, 2.05) is 0 Å². The van der Waals surface area contributed by atoms with Crippen molar-refractivity contribution in [3.8, 4) is 5.75 Å². The van der Waals surface area contributed by atoms with Gasteiger partial charge in [0.1, 0.15) is 0 Å². The Kier molecular flexibility index (Phi) is 5.14. The number of hydrogen-bond donors (Lipinski definition) is 2. The monoisotopic (exact) mass is 293 g/mol. The minimum Gasteiger partial charge on any atom is -0.466 e. The fourth-order valence-electron chi connectivity index (χ4n) is 1.54. The molecule has 20 heavy (non-hydrogen) atoms. The second kappa shape index (κ2) is 6.42. The van der Waals surface area contributed by atoms with Gasteiger partial charge in [0.2, 0.25) is 0 Å². The van der Waals surface area contributed by atoms with E-state index in [-0.39, 0.29) is 36.5 Å². The average Bonchev–Trinajstić information content (AvgIpc) is 2.32. The zero-order valence-electron chi connectivity index (χ0n) is 10.7. The number of carbonyl (C=O) groups is 1. The van der Waals surface area contributed by atoms with Gasteiger partial charge >= 0.3 is 12.3 Å². The number of carbonyl (C=O) groups excluding carboxylic acids is 1. The summed E-state index contributed by atoms with van der Waals surface area (Å²) in [5.74, 6) is -1.26. The molecule has 0 aromatic carbocycles. The summed E-state index contributed by atoms with van der Waals surface area (Å²) >= 11 is 0. The SMILES string of the molecule is CCOC(=O)Cc1ncc(N)c(OC(F)(F)F)c1CN. The van der Waals surface area contributed by atoms with Crippen molar-refractivity contribution in [2.24, 2.45) is 5.73 Å². The number of nitrogens with two attached hydrogens (primary N) is 2. The van der Waals surface area contributed by atoms with Crippen LogP contribution >= 0.6 is 0 Å². The molecule has 6 nitrogen and oxygen atoms in total. The Balaban J connectivity index is 3.14. The van der Waals surface area contributed by atoms with E-state index in [1.54, 1.807) is 6.92 Å². The highest BCUT2D eigenvalue weighted by atomic mass is 19.4. The van der Waals surface area contributed by atoms with Gasteiger partial charge in [-0.15, -0.1) is 13.2 Å². The Bertz CT molecular complexity index is 492. The number of rotatable bonds is 5. The second-order valence-electron chi connectivity index (χ2n) is 3.70. The standard InChI is InChI=1S/C11H14F3N3O3/c1-2-19-9(18)3-8-6(4-15)10(7(16)5-17-8)20-11(12,13)14/h5H,2-4,15-16H2,1H3. The number of halogens is 3. The second-order valence-corrected chi connectivity index (χ2v) is 3.70. The molecule has 0 aliphatic heterocycles. The highest BCUT2D eigenvalue weighted by molar-refractivity contribution is 5.73. The van der Waals surface area contributed by atoms with Crippen molar-refractivity contribution in [3.05, 3.63) is 17.5 Å². The summed E-state index contributed by atoms with van der Waals surface area (Å²) in [6.45, 7) is 1.45. The predicted molar refractivity (Wildman–Crippen MR) is 63.6 cm³/mol. The van der Waals surface area contributed by atoms with Crippen LogP contribution in [0.4, 0.5) is 18.9 Å². The van der Waals surface area contributed by atoms with Crippen LogP contribution in [-0.4, -0.2) is 23.9 Å². The molecule has 1 rings (SSSR count). The molecular weight excluding hydrogens is 279 g/mol. The summed E-state index contributed by atoms with van der Waals surface area (Å²) in [6, 6.07) is 0. The minimum absolute atomic E-state index is 0.0411. The van der Waals surface area contributed by atoms with Gasteiger partial charge in [-0.3, -0.25) is 9.78 Å². The molecule has 0 aliphatic carbocycles. The predicted octanol–water partition coefficient (Wildman–Crippen LogP) is 1.13. The largest absolute Gasteiger partial charge is 0.573 e. The fourth-order valence-corrected chi connectivity index (χ4v) is 1.54. The van der Waals surface area contributed by atoms with E-state index >= 15 is 0 Å². The minimum atomic E-state index is -4.92. The van der Waals surface area contributed by atoms with E-state index < -0.39 is 18.1 Å². The van der Waals surface area contributed by atoms with Crippen molar-refractivity contribution in [2.75, 3.05) is 12.3 Å². The lowest BCUT2D eigenvalue weighted by molar-refractivity contribution is -0.274. The Morgan fingerprint density at radius 1 is 1.45 bits per heavy atom. The maximum Gasteiger partial charge on any atom is 0.573 e. The summed E-state index contributed by atoms with van der Waals surface area (Å²) in [6.07, 6.45) is -4.25. The molecule has 0 saturated heterocycles. The molecule has 1 aromatic rings. The molecule has 112 valence electrons. The van der Waals surface area contributed by atoms with E-state index in [9.17, 15) is 18.0 Å². The van der Waals surface area contributed by atoms with Crippen molar-refractivity contribution >= 4 is 11.7 Å². The van der Waals surface area contributed by atoms with Crippen LogP contribution in [0.1, 0.15) is 18.2 Å². The lowest BCUT2D eigenvalue weighted by atomic mass is 10.1. The lowest BCUT2D eigenvalue weighted by Crippen LogP contribution is -2.21. The van der Waals surface area contributed by atoms with E-state index in [1.165, 1.54) is 0 Å². The third-order valence-corrected chi connectivity index (χ3v) is 2.28. The van der Waals surface area contributed by atoms with Crippen molar-refractivity contribution in [3.63, 3.8) is 0 Å². The number of esters is 1. The van der Waals surface area contributed by atoms with Crippen LogP contribution in [0, 0.1) is 0 Å². The zero-order valence-corrected chi connectivity index (χ0v) is 10.7. The van der Waals surface area contributed by atoms with Crippen molar-refractivity contribution < 1.29 is 27.4 Å². The Hall–Kier alpha value is -2.03. The third-order valence-electron chi connectivity index (χ3n) is 2.28. The van der Waals surface area contributed by atoms with Crippen LogP contribution in [0.15, 0.2) is 6.20 Å². The van der Waals surface area contributed by atoms with Gasteiger partial charge in [-0.05, 0) is 6.92 Å². The highest BCUT2D eigenvalue weighted by Crippen LogP contribution is 2.33. The average molecular weight is 293 g/mol. The summed E-state index contributed by atoms with van der Waals surface area (Å²) in [4.78, 5) is 15.2. The maximum atomic E-state index is 12.3. The lowest BCUT2D eigenvalue weighted by Gasteiger charge is -2.16. The number of nitrogen functional groups attached to an aromatic ring is 1. The van der Waals surface area contributed by atoms with Gasteiger partial charge in [-0.25, -0.2) is 0 Å². The summed E-state index contributed by atoms with van der Waals surface area (Å²) in [5, 5.41) is 0. The van der Waals surface area contributed by atoms with Crippen molar-refractivity contribution in [1.29, 1.82) is 0 Å². The first kappa shape index (κ1) is 16.0. The molecule has 9 heteroatoms. The van der Waals surface area contributed by atoms with Gasteiger partial charge in [0.15, 0.2) is 5.75 Å². The van der Waals surface area contributed by atoms with Gasteiger partial charge in [0, 0.05) is 12.1 Å². The van der Waals surface area contributed by atoms with Crippen LogP contribution in [0.3, 0.4) is 0 Å². The van der Waals surface area contributed by atoms with Crippen LogP contribution < -0.4 is 16.2 Å². The number of anilines is 1. The van der Waals surface area contributed by atoms with Crippen LogP contribution in [0.25, 0.3) is 0 Å². The van der Waals surface area contributed by atoms with Gasteiger partial charge in [0.25, 0.3) is 0 Å². The molecule has 0 aliphatic rings. The molecule has 0 unspecified atom stereocenters. The Morgan fingerprint density at radius 2 is 2.10 bits per heavy atom. The molecule has 0 radical (unpaired) electrons. The van der Waals surface area contributed by atoms with Gasteiger partial charge < -0.3 is 20.9 Å². The Morgan fingerprint density at radius 3 is 2.60 bits per heavy atom. The number of ether oxygens (including phenoxy) is 2. The third kappa shape index (κ3) is 4.26. The zero-order chi connectivity index (χ0) is 15.3. The van der Waals surface area contributed by atoms with Gasteiger partial charge in [-0.1, -0.05) is 0 Å². The molecule has 0 fully saturated rings. The van der Waals surface area contributed by atoms with Crippen LogP contribution in [0.2, 0.25) is 0 Å². The summed E-state index contributed by atoms with van der Waals surface area (Å²) in [7, 11) is 0. The first-order valence-electron chi connectivity index (χ1n) is 5.66. The van der Waals surface area contributed by atoms with Crippen LogP contribution in [-0.2, 0) is 22.5 Å². The highest BCUT2D eigenvalue weighted by Gasteiger charge is 2.34. The van der Waals surface area contributed by atoms with E-state index in [0.29, 0.717) is 0 Å². The normalized spacial score (nSPS) is 11.2. The van der Waals surface area contributed by atoms with Crippen molar-refractivity contribution in [2.45, 2.75) is 26.3 Å². The Labute approximate surface area is 112 Å². The topological polar surface area (TPSA) is 100 Å². The van der Waals surface area contributed by atoms with E-state index in [0.717, 1.165) is 6.20 Å². The first-order chi connectivity index (χ1) is 9.28. The van der Waals surface area contributed by atoms with Gasteiger partial charge in [-0.2, -0.15) is 0 Å². The molecule has 0 saturated carbocycles. The van der Waals surface area contributed by atoms with Crippen LogP contribution in [0.5, 0.6) is 5.75 Å². The summed E-state index contributed by atoms with van der Waals surface area (Å²) in [5.41, 5.74) is 10.5. The smallest absolute Gasteiger partial charge is 0.466 e. The fraction of sp³-hybridized carbons (Fsp3) is 0.455. The molecule has 1 aromatic heterocycles. The van der Waals surface area contributed by atoms with Gasteiger partial charge in [0.05, 0.1) is 30.6 Å². The maximum absolute atomic E-state index is 12.3. The molecule has 0 atom stereocenters. The number of hydrogen-bond acceptors (Lipinski definition) is 6. The quantitative estimate of drug-likeness (QED) is 0.789.